The lowest BCUT2D eigenvalue weighted by Crippen LogP contribution is -2.06. The average Bonchev–Trinajstić information content (AvgIpc) is 2.84. The zero-order valence-corrected chi connectivity index (χ0v) is 19.8. The minimum Gasteiger partial charge on any atom is -0.494 e. The van der Waals surface area contributed by atoms with E-state index in [9.17, 15) is 8.78 Å². The zero-order valence-electron chi connectivity index (χ0n) is 19.0. The first-order valence-electron chi connectivity index (χ1n) is 11.3. The summed E-state index contributed by atoms with van der Waals surface area (Å²) in [7, 11) is 1.21. The monoisotopic (exact) mass is 488 g/mol. The van der Waals surface area contributed by atoms with E-state index in [0.717, 1.165) is 31.3 Å². The van der Waals surface area contributed by atoms with Gasteiger partial charge in [-0.15, -0.1) is 0 Å². The van der Waals surface area contributed by atoms with Gasteiger partial charge in [0, 0.05) is 22.3 Å². The number of ether oxygens (including phenoxy) is 1. The molecule has 34 heavy (non-hydrogen) atoms. The molecule has 0 saturated carbocycles. The second-order valence-corrected chi connectivity index (χ2v) is 8.96. The van der Waals surface area contributed by atoms with Gasteiger partial charge in [0.25, 0.3) is 0 Å². The van der Waals surface area contributed by atoms with Crippen molar-refractivity contribution >= 4 is 17.2 Å². The summed E-state index contributed by atoms with van der Waals surface area (Å²) in [6.45, 7) is 2.17. The minimum absolute atomic E-state index is 0.195. The Bertz CT molecular complexity index is 1250. The highest BCUT2D eigenvalue weighted by Crippen LogP contribution is 2.40. The van der Waals surface area contributed by atoms with Gasteiger partial charge in [-0.1, -0.05) is 61.7 Å². The molecule has 0 heterocycles. The maximum Gasteiger partial charge on any atom is 0.201 e. The smallest absolute Gasteiger partial charge is 0.201 e. The van der Waals surface area contributed by atoms with E-state index in [-0.39, 0.29) is 27.5 Å². The van der Waals surface area contributed by atoms with Crippen LogP contribution in [0.15, 0.2) is 48.5 Å². The molecule has 0 spiro atoms. The predicted molar refractivity (Wildman–Crippen MR) is 129 cm³/mol. The fourth-order valence-electron chi connectivity index (χ4n) is 4.62. The fraction of sp³-hybridized carbons (Fsp3) is 0.286. The number of benzene rings is 3. The lowest BCUT2D eigenvalue weighted by molar-refractivity contribution is 0.372. The quantitative estimate of drug-likeness (QED) is 0.314. The Labute approximate surface area is 202 Å². The van der Waals surface area contributed by atoms with Crippen molar-refractivity contribution in [3.63, 3.8) is 0 Å². The van der Waals surface area contributed by atoms with Crippen LogP contribution in [0.1, 0.15) is 44.6 Å². The summed E-state index contributed by atoms with van der Waals surface area (Å²) in [5.41, 5.74) is 1.72. The maximum absolute atomic E-state index is 15.1. The number of rotatable bonds is 6. The van der Waals surface area contributed by atoms with Gasteiger partial charge in [-0.3, -0.25) is 0 Å². The molecular weight excluding hydrogens is 464 g/mol. The van der Waals surface area contributed by atoms with Crippen LogP contribution in [0.4, 0.5) is 17.6 Å². The molecule has 1 atom stereocenters. The largest absolute Gasteiger partial charge is 0.494 e. The van der Waals surface area contributed by atoms with Crippen molar-refractivity contribution in [2.24, 2.45) is 5.92 Å². The van der Waals surface area contributed by atoms with E-state index in [4.69, 9.17) is 16.3 Å². The van der Waals surface area contributed by atoms with E-state index in [0.29, 0.717) is 17.0 Å². The highest BCUT2D eigenvalue weighted by Gasteiger charge is 2.22. The van der Waals surface area contributed by atoms with Crippen molar-refractivity contribution < 1.29 is 22.3 Å². The third-order valence-corrected chi connectivity index (χ3v) is 6.85. The first-order chi connectivity index (χ1) is 16.3. The molecule has 0 radical (unpaired) electrons. The summed E-state index contributed by atoms with van der Waals surface area (Å²) in [6.07, 6.45) is 7.26. The molecule has 1 aliphatic rings. The van der Waals surface area contributed by atoms with Gasteiger partial charge in [0.1, 0.15) is 11.6 Å². The summed E-state index contributed by atoms with van der Waals surface area (Å²) in [6, 6.07) is 9.96. The molecule has 4 rings (SSSR count). The Hall–Kier alpha value is -2.79. The number of halogens is 5. The van der Waals surface area contributed by atoms with E-state index in [1.165, 1.54) is 43.9 Å². The zero-order chi connectivity index (χ0) is 24.4. The Morgan fingerprint density at radius 2 is 1.56 bits per heavy atom. The van der Waals surface area contributed by atoms with Gasteiger partial charge in [-0.25, -0.2) is 13.2 Å². The molecule has 0 bridgehead atoms. The molecule has 3 aromatic rings. The molecular formula is C28H25ClF4O. The molecule has 0 N–H and O–H groups in total. The highest BCUT2D eigenvalue weighted by atomic mass is 35.5. The lowest BCUT2D eigenvalue weighted by atomic mass is 9.84. The van der Waals surface area contributed by atoms with Crippen LogP contribution in [-0.2, 0) is 0 Å². The van der Waals surface area contributed by atoms with E-state index >= 15 is 8.78 Å². The Kier molecular flexibility index (Phi) is 7.32. The lowest BCUT2D eigenvalue weighted by Gasteiger charge is -2.22. The van der Waals surface area contributed by atoms with Crippen molar-refractivity contribution in [3.8, 4) is 28.0 Å². The molecule has 0 aromatic heterocycles. The van der Waals surface area contributed by atoms with Crippen LogP contribution in [0.25, 0.3) is 27.8 Å². The minimum atomic E-state index is -1.24. The maximum atomic E-state index is 15.1. The van der Waals surface area contributed by atoms with E-state index in [1.54, 1.807) is 12.1 Å². The molecule has 178 valence electrons. The van der Waals surface area contributed by atoms with Crippen LogP contribution in [0.5, 0.6) is 5.75 Å². The molecule has 0 amide bonds. The second-order valence-electron chi connectivity index (χ2n) is 8.59. The highest BCUT2D eigenvalue weighted by molar-refractivity contribution is 6.33. The van der Waals surface area contributed by atoms with Crippen molar-refractivity contribution in [2.75, 3.05) is 7.11 Å². The van der Waals surface area contributed by atoms with Crippen LogP contribution < -0.4 is 4.74 Å². The Morgan fingerprint density at radius 1 is 0.882 bits per heavy atom. The Morgan fingerprint density at radius 3 is 2.21 bits per heavy atom. The third-order valence-electron chi connectivity index (χ3n) is 6.48. The van der Waals surface area contributed by atoms with Crippen molar-refractivity contribution in [1.29, 1.82) is 0 Å². The molecule has 0 saturated heterocycles. The van der Waals surface area contributed by atoms with Crippen LogP contribution in [0.2, 0.25) is 5.02 Å². The van der Waals surface area contributed by atoms with Gasteiger partial charge < -0.3 is 4.74 Å². The summed E-state index contributed by atoms with van der Waals surface area (Å²) >= 11 is 6.27. The van der Waals surface area contributed by atoms with Gasteiger partial charge >= 0.3 is 0 Å². The first kappa shape index (κ1) is 24.3. The Balaban J connectivity index is 1.66. The predicted octanol–water partition coefficient (Wildman–Crippen LogP) is 9.22. The van der Waals surface area contributed by atoms with Gasteiger partial charge in [-0.2, -0.15) is 4.39 Å². The summed E-state index contributed by atoms with van der Waals surface area (Å²) in [5.74, 6) is -3.39. The molecule has 1 unspecified atom stereocenters. The number of hydrogen-bond donors (Lipinski definition) is 0. The van der Waals surface area contributed by atoms with Crippen LogP contribution in [-0.4, -0.2) is 7.11 Å². The first-order valence-corrected chi connectivity index (χ1v) is 11.7. The van der Waals surface area contributed by atoms with Crippen molar-refractivity contribution in [1.82, 2.24) is 0 Å². The second kappa shape index (κ2) is 10.2. The topological polar surface area (TPSA) is 9.23 Å². The van der Waals surface area contributed by atoms with Gasteiger partial charge in [0.05, 0.1) is 12.1 Å². The van der Waals surface area contributed by atoms with Gasteiger partial charge in [-0.05, 0) is 54.5 Å². The molecule has 1 aliphatic carbocycles. The number of methoxy groups -OCH3 is 1. The van der Waals surface area contributed by atoms with Gasteiger partial charge in [0.15, 0.2) is 11.6 Å². The number of allylic oxidation sites excluding steroid dienone is 2. The summed E-state index contributed by atoms with van der Waals surface area (Å²) < 4.78 is 63.5. The standard InChI is InChI=1S/C28H25ClF4O/c1-3-4-16-5-7-17(8-6-16)19-10-9-18(15-23(19)30)20-11-12-21(26(31)25(20)29)22-13-14-24(34-2)28(33)27(22)32/h7,9-16H,3-6,8H2,1-2H3. The molecule has 6 heteroatoms. The third kappa shape index (κ3) is 4.58. The van der Waals surface area contributed by atoms with Gasteiger partial charge in [0.2, 0.25) is 5.82 Å². The molecule has 0 fully saturated rings. The summed E-state index contributed by atoms with van der Waals surface area (Å²) in [4.78, 5) is 0. The molecule has 1 nitrogen and oxygen atoms in total. The van der Waals surface area contributed by atoms with Crippen LogP contribution >= 0.6 is 11.6 Å². The van der Waals surface area contributed by atoms with Crippen molar-refractivity contribution in [3.05, 3.63) is 82.4 Å². The SMILES string of the molecule is CCCC1CC=C(c2ccc(-c3ccc(-c4ccc(OC)c(F)c4F)c(F)c3Cl)cc2F)CC1. The van der Waals surface area contributed by atoms with Crippen molar-refractivity contribution in [2.45, 2.75) is 39.0 Å². The van der Waals surface area contributed by atoms with E-state index < -0.39 is 23.3 Å². The van der Waals surface area contributed by atoms with Crippen LogP contribution in [0, 0.1) is 29.2 Å². The van der Waals surface area contributed by atoms with E-state index in [2.05, 4.69) is 13.0 Å². The molecule has 0 aliphatic heterocycles. The van der Waals surface area contributed by atoms with Crippen LogP contribution in [0.3, 0.4) is 0 Å². The number of hydrogen-bond acceptors (Lipinski definition) is 1. The van der Waals surface area contributed by atoms with E-state index in [1.807, 2.05) is 0 Å². The normalized spacial score (nSPS) is 15.9. The summed E-state index contributed by atoms with van der Waals surface area (Å²) in [5, 5.41) is -0.292. The average molecular weight is 489 g/mol. The fourth-order valence-corrected chi connectivity index (χ4v) is 4.90. The molecule has 3 aromatic carbocycles.